The standard InChI is InChI=1S/C16H24N2O4/c1-13(2)12-22-16(20)18-10-9-17-15(19)8-11-21-14-6-4-3-5-7-14/h3-7,13H,8-12H2,1-2H3,(H,17,19)(H,18,20). The number of rotatable bonds is 9. The minimum Gasteiger partial charge on any atom is -0.493 e. The average Bonchev–Trinajstić information content (AvgIpc) is 2.50. The number of nitrogens with one attached hydrogen (secondary N) is 2. The Balaban J connectivity index is 2.00. The largest absolute Gasteiger partial charge is 0.493 e. The maximum atomic E-state index is 11.6. The molecule has 0 saturated heterocycles. The molecule has 0 aliphatic rings. The molecule has 0 radical (unpaired) electrons. The van der Waals surface area contributed by atoms with Crippen LogP contribution >= 0.6 is 0 Å². The molecule has 2 amide bonds. The first-order valence-electron chi connectivity index (χ1n) is 7.43. The Morgan fingerprint density at radius 2 is 1.77 bits per heavy atom. The van der Waals surface area contributed by atoms with E-state index >= 15 is 0 Å². The summed E-state index contributed by atoms with van der Waals surface area (Å²) in [6.45, 7) is 5.33. The number of hydrogen-bond acceptors (Lipinski definition) is 4. The molecule has 0 aliphatic carbocycles. The number of amides is 2. The van der Waals surface area contributed by atoms with E-state index in [1.54, 1.807) is 0 Å². The Bertz CT molecular complexity index is 449. The lowest BCUT2D eigenvalue weighted by molar-refractivity contribution is -0.121. The van der Waals surface area contributed by atoms with Gasteiger partial charge < -0.3 is 20.1 Å². The number of carbonyl (C=O) groups excluding carboxylic acids is 2. The third-order valence-corrected chi connectivity index (χ3v) is 2.61. The molecule has 1 rings (SSSR count). The molecule has 0 fully saturated rings. The summed E-state index contributed by atoms with van der Waals surface area (Å²) in [6, 6.07) is 9.33. The van der Waals surface area contributed by atoms with Gasteiger partial charge >= 0.3 is 6.09 Å². The van der Waals surface area contributed by atoms with Crippen molar-refractivity contribution < 1.29 is 19.1 Å². The molecule has 2 N–H and O–H groups in total. The minimum absolute atomic E-state index is 0.117. The average molecular weight is 308 g/mol. The highest BCUT2D eigenvalue weighted by molar-refractivity contribution is 5.76. The van der Waals surface area contributed by atoms with Crippen LogP contribution in [0.2, 0.25) is 0 Å². The normalized spacial score (nSPS) is 10.1. The zero-order valence-electron chi connectivity index (χ0n) is 13.1. The van der Waals surface area contributed by atoms with Gasteiger partial charge in [-0.25, -0.2) is 4.79 Å². The van der Waals surface area contributed by atoms with Gasteiger partial charge in [0, 0.05) is 13.1 Å². The van der Waals surface area contributed by atoms with Crippen LogP contribution in [-0.2, 0) is 9.53 Å². The lowest BCUT2D eigenvalue weighted by Crippen LogP contribution is -2.35. The fourth-order valence-corrected chi connectivity index (χ4v) is 1.53. The van der Waals surface area contributed by atoms with Crippen molar-refractivity contribution in [1.29, 1.82) is 0 Å². The topological polar surface area (TPSA) is 76.7 Å². The molecule has 22 heavy (non-hydrogen) atoms. The lowest BCUT2D eigenvalue weighted by Gasteiger charge is -2.09. The van der Waals surface area contributed by atoms with Crippen molar-refractivity contribution >= 4 is 12.0 Å². The molecule has 122 valence electrons. The quantitative estimate of drug-likeness (QED) is 0.684. The molecule has 0 atom stereocenters. The Hall–Kier alpha value is -2.24. The van der Waals surface area contributed by atoms with Crippen LogP contribution in [0.1, 0.15) is 20.3 Å². The van der Waals surface area contributed by atoms with Crippen LogP contribution in [0.3, 0.4) is 0 Å². The predicted octanol–water partition coefficient (Wildman–Crippen LogP) is 1.95. The first-order chi connectivity index (χ1) is 10.6. The van der Waals surface area contributed by atoms with Crippen LogP contribution in [0, 0.1) is 5.92 Å². The highest BCUT2D eigenvalue weighted by Gasteiger charge is 2.04. The van der Waals surface area contributed by atoms with Crippen LogP contribution in [0.5, 0.6) is 5.75 Å². The van der Waals surface area contributed by atoms with Gasteiger partial charge in [-0.2, -0.15) is 0 Å². The summed E-state index contributed by atoms with van der Waals surface area (Å²) in [6.07, 6.45) is -0.192. The molecular formula is C16H24N2O4. The smallest absolute Gasteiger partial charge is 0.407 e. The van der Waals surface area contributed by atoms with Crippen molar-refractivity contribution in [3.63, 3.8) is 0 Å². The van der Waals surface area contributed by atoms with Crippen molar-refractivity contribution in [2.75, 3.05) is 26.3 Å². The lowest BCUT2D eigenvalue weighted by atomic mass is 10.2. The van der Waals surface area contributed by atoms with Gasteiger partial charge in [0.05, 0.1) is 19.6 Å². The van der Waals surface area contributed by atoms with E-state index in [1.807, 2.05) is 44.2 Å². The Morgan fingerprint density at radius 1 is 1.09 bits per heavy atom. The molecule has 0 saturated carbocycles. The number of benzene rings is 1. The van der Waals surface area contributed by atoms with Crippen molar-refractivity contribution in [3.8, 4) is 5.75 Å². The van der Waals surface area contributed by atoms with Gasteiger partial charge in [0.2, 0.25) is 5.91 Å². The number of alkyl carbamates (subject to hydrolysis) is 1. The van der Waals surface area contributed by atoms with Crippen molar-refractivity contribution in [1.82, 2.24) is 10.6 Å². The molecule has 0 spiro atoms. The summed E-state index contributed by atoms with van der Waals surface area (Å²) in [5, 5.41) is 5.27. The van der Waals surface area contributed by atoms with Crippen LogP contribution in [-0.4, -0.2) is 38.3 Å². The summed E-state index contributed by atoms with van der Waals surface area (Å²) >= 11 is 0. The van der Waals surface area contributed by atoms with Crippen LogP contribution in [0.4, 0.5) is 4.79 Å². The van der Waals surface area contributed by atoms with Gasteiger partial charge in [-0.15, -0.1) is 0 Å². The molecule has 1 aromatic rings. The highest BCUT2D eigenvalue weighted by atomic mass is 16.5. The first kappa shape index (κ1) is 17.8. The van der Waals surface area contributed by atoms with Crippen LogP contribution in [0.25, 0.3) is 0 Å². The maximum Gasteiger partial charge on any atom is 0.407 e. The van der Waals surface area contributed by atoms with Gasteiger partial charge in [-0.05, 0) is 18.1 Å². The number of carbonyl (C=O) groups is 2. The number of hydrogen-bond donors (Lipinski definition) is 2. The highest BCUT2D eigenvalue weighted by Crippen LogP contribution is 2.08. The van der Waals surface area contributed by atoms with Crippen molar-refractivity contribution in [2.24, 2.45) is 5.92 Å². The van der Waals surface area contributed by atoms with E-state index in [1.165, 1.54) is 0 Å². The fourth-order valence-electron chi connectivity index (χ4n) is 1.53. The van der Waals surface area contributed by atoms with E-state index in [9.17, 15) is 9.59 Å². The van der Waals surface area contributed by atoms with Crippen LogP contribution < -0.4 is 15.4 Å². The summed E-state index contributed by atoms with van der Waals surface area (Å²) in [4.78, 5) is 22.8. The van der Waals surface area contributed by atoms with Crippen molar-refractivity contribution in [3.05, 3.63) is 30.3 Å². The second-order valence-electron chi connectivity index (χ2n) is 5.18. The third-order valence-electron chi connectivity index (χ3n) is 2.61. The first-order valence-corrected chi connectivity index (χ1v) is 7.43. The van der Waals surface area contributed by atoms with Gasteiger partial charge in [-0.1, -0.05) is 32.0 Å². The molecule has 0 aromatic heterocycles. The minimum atomic E-state index is -0.463. The molecule has 6 nitrogen and oxygen atoms in total. The second-order valence-corrected chi connectivity index (χ2v) is 5.18. The Morgan fingerprint density at radius 3 is 2.45 bits per heavy atom. The maximum absolute atomic E-state index is 11.6. The molecular weight excluding hydrogens is 284 g/mol. The molecule has 0 aliphatic heterocycles. The molecule has 0 unspecified atom stereocenters. The third kappa shape index (κ3) is 8.84. The van der Waals surface area contributed by atoms with E-state index in [-0.39, 0.29) is 12.3 Å². The monoisotopic (exact) mass is 308 g/mol. The summed E-state index contributed by atoms with van der Waals surface area (Å²) < 4.78 is 10.4. The summed E-state index contributed by atoms with van der Waals surface area (Å²) in [5.41, 5.74) is 0. The van der Waals surface area contributed by atoms with E-state index in [4.69, 9.17) is 9.47 Å². The van der Waals surface area contributed by atoms with E-state index in [2.05, 4.69) is 10.6 Å². The van der Waals surface area contributed by atoms with Crippen molar-refractivity contribution in [2.45, 2.75) is 20.3 Å². The number of ether oxygens (including phenoxy) is 2. The fraction of sp³-hybridized carbons (Fsp3) is 0.500. The van der Waals surface area contributed by atoms with E-state index < -0.39 is 6.09 Å². The van der Waals surface area contributed by atoms with E-state index in [0.29, 0.717) is 32.2 Å². The Kier molecular flexibility index (Phi) is 8.49. The zero-order chi connectivity index (χ0) is 16.2. The van der Waals surface area contributed by atoms with Gasteiger partial charge in [0.15, 0.2) is 0 Å². The molecule has 6 heteroatoms. The SMILES string of the molecule is CC(C)COC(=O)NCCNC(=O)CCOc1ccccc1. The molecule has 1 aromatic carbocycles. The van der Waals surface area contributed by atoms with Gasteiger partial charge in [0.1, 0.15) is 5.75 Å². The molecule has 0 heterocycles. The van der Waals surface area contributed by atoms with Gasteiger partial charge in [-0.3, -0.25) is 4.79 Å². The van der Waals surface area contributed by atoms with E-state index in [0.717, 1.165) is 5.75 Å². The summed E-state index contributed by atoms with van der Waals surface area (Å²) in [7, 11) is 0. The molecule has 0 bridgehead atoms. The number of para-hydroxylation sites is 1. The summed E-state index contributed by atoms with van der Waals surface area (Å²) in [5.74, 6) is 0.924. The van der Waals surface area contributed by atoms with Gasteiger partial charge in [0.25, 0.3) is 0 Å². The van der Waals surface area contributed by atoms with Crippen LogP contribution in [0.15, 0.2) is 30.3 Å². The zero-order valence-corrected chi connectivity index (χ0v) is 13.1. The predicted molar refractivity (Wildman–Crippen MR) is 83.8 cm³/mol. The second kappa shape index (κ2) is 10.5. The Labute approximate surface area is 131 Å².